The topological polar surface area (TPSA) is 64.6 Å². The van der Waals surface area contributed by atoms with E-state index in [-0.39, 0.29) is 19.1 Å². The number of hydrogen-bond donors (Lipinski definition) is 1. The summed E-state index contributed by atoms with van der Waals surface area (Å²) in [4.78, 5) is 24.5. The van der Waals surface area contributed by atoms with E-state index in [1.54, 1.807) is 17.4 Å². The van der Waals surface area contributed by atoms with Crippen LogP contribution in [0.25, 0.3) is 0 Å². The average molecular weight is 347 g/mol. The van der Waals surface area contributed by atoms with Crippen LogP contribution in [0.4, 0.5) is 0 Å². The Bertz CT molecular complexity index is 682. The van der Waals surface area contributed by atoms with Crippen molar-refractivity contribution in [1.29, 1.82) is 0 Å². The molecule has 0 unspecified atom stereocenters. The molecule has 0 radical (unpaired) electrons. The summed E-state index contributed by atoms with van der Waals surface area (Å²) in [7, 11) is 0. The molecule has 6 heteroatoms. The number of hydrogen-bond acceptors (Lipinski definition) is 5. The number of nitrogens with one attached hydrogen (secondary N) is 1. The largest absolute Gasteiger partial charge is 0.482 e. The van der Waals surface area contributed by atoms with Crippen molar-refractivity contribution in [3.05, 3.63) is 51.7 Å². The Morgan fingerprint density at radius 2 is 1.96 bits per heavy atom. The van der Waals surface area contributed by atoms with Gasteiger partial charge in [-0.05, 0) is 48.9 Å². The molecule has 0 spiro atoms. The summed E-state index contributed by atoms with van der Waals surface area (Å²) in [6, 6.07) is 9.62. The summed E-state index contributed by atoms with van der Waals surface area (Å²) in [6.45, 7) is 3.92. The van der Waals surface area contributed by atoms with Gasteiger partial charge in [-0.3, -0.25) is 4.79 Å². The Kier molecular flexibility index (Phi) is 6.81. The summed E-state index contributed by atoms with van der Waals surface area (Å²) < 4.78 is 10.3. The van der Waals surface area contributed by atoms with Gasteiger partial charge in [-0.15, -0.1) is 11.3 Å². The molecule has 2 rings (SSSR count). The highest BCUT2D eigenvalue weighted by atomic mass is 32.1. The molecule has 128 valence electrons. The third kappa shape index (κ3) is 5.70. The number of aryl methyl sites for hydroxylation is 1. The van der Waals surface area contributed by atoms with Crippen LogP contribution in [-0.2, 0) is 20.7 Å². The molecule has 1 amide bonds. The van der Waals surface area contributed by atoms with Crippen molar-refractivity contribution in [3.63, 3.8) is 0 Å². The van der Waals surface area contributed by atoms with Gasteiger partial charge in [0.25, 0.3) is 5.91 Å². The number of thiophene rings is 1. The van der Waals surface area contributed by atoms with Crippen molar-refractivity contribution in [1.82, 2.24) is 5.32 Å². The average Bonchev–Trinajstić information content (AvgIpc) is 3.07. The molecule has 1 aromatic heterocycles. The van der Waals surface area contributed by atoms with Crippen LogP contribution in [0.15, 0.2) is 35.7 Å². The number of amides is 1. The van der Waals surface area contributed by atoms with E-state index >= 15 is 0 Å². The van der Waals surface area contributed by atoms with Crippen LogP contribution < -0.4 is 10.1 Å². The zero-order valence-corrected chi connectivity index (χ0v) is 14.7. The van der Waals surface area contributed by atoms with Gasteiger partial charge in [0.05, 0.1) is 0 Å². The number of carbonyl (C=O) groups is 2. The standard InChI is InChI=1S/C18H21NO4S/c1-13-5-3-7-16(14(13)2)22-12-18(21)23-11-17(20)19-9-8-15-6-4-10-24-15/h3-7,10H,8-9,11-12H2,1-2H3,(H,19,20). The summed E-state index contributed by atoms with van der Waals surface area (Å²) in [5.41, 5.74) is 2.07. The molecule has 24 heavy (non-hydrogen) atoms. The minimum atomic E-state index is -0.565. The Hall–Kier alpha value is -2.34. The van der Waals surface area contributed by atoms with E-state index in [4.69, 9.17) is 9.47 Å². The van der Waals surface area contributed by atoms with Crippen LogP contribution >= 0.6 is 11.3 Å². The molecule has 0 atom stereocenters. The second kappa shape index (κ2) is 9.08. The molecule has 2 aromatic rings. The smallest absolute Gasteiger partial charge is 0.344 e. The van der Waals surface area contributed by atoms with E-state index < -0.39 is 5.97 Å². The summed E-state index contributed by atoms with van der Waals surface area (Å²) in [5, 5.41) is 4.71. The van der Waals surface area contributed by atoms with Gasteiger partial charge in [-0.25, -0.2) is 4.79 Å². The predicted octanol–water partition coefficient (Wildman–Crippen LogP) is 2.65. The van der Waals surface area contributed by atoms with Crippen LogP contribution in [-0.4, -0.2) is 31.6 Å². The van der Waals surface area contributed by atoms with Crippen molar-refractivity contribution in [2.75, 3.05) is 19.8 Å². The van der Waals surface area contributed by atoms with Crippen LogP contribution in [0.3, 0.4) is 0 Å². The quantitative estimate of drug-likeness (QED) is 0.746. The number of rotatable bonds is 8. The lowest BCUT2D eigenvalue weighted by Gasteiger charge is -2.10. The normalized spacial score (nSPS) is 10.2. The first-order chi connectivity index (χ1) is 11.6. The molecule has 0 aliphatic carbocycles. The van der Waals surface area contributed by atoms with Crippen LogP contribution in [0, 0.1) is 13.8 Å². The predicted molar refractivity (Wildman–Crippen MR) is 93.4 cm³/mol. The van der Waals surface area contributed by atoms with E-state index in [1.165, 1.54) is 4.88 Å². The Morgan fingerprint density at radius 1 is 1.12 bits per heavy atom. The number of esters is 1. The Labute approximate surface area is 145 Å². The van der Waals surface area contributed by atoms with Crippen LogP contribution in [0.2, 0.25) is 0 Å². The second-order valence-electron chi connectivity index (χ2n) is 5.33. The number of carbonyl (C=O) groups excluding carboxylic acids is 2. The van der Waals surface area contributed by atoms with Gasteiger partial charge in [0.15, 0.2) is 13.2 Å². The number of benzene rings is 1. The highest BCUT2D eigenvalue weighted by molar-refractivity contribution is 7.09. The molecule has 5 nitrogen and oxygen atoms in total. The maximum atomic E-state index is 11.7. The van der Waals surface area contributed by atoms with E-state index in [0.29, 0.717) is 12.3 Å². The first-order valence-electron chi connectivity index (χ1n) is 7.70. The van der Waals surface area contributed by atoms with Crippen molar-refractivity contribution in [2.24, 2.45) is 0 Å². The van der Waals surface area contributed by atoms with Crippen LogP contribution in [0.1, 0.15) is 16.0 Å². The lowest BCUT2D eigenvalue weighted by molar-refractivity contribution is -0.150. The van der Waals surface area contributed by atoms with Gasteiger partial charge < -0.3 is 14.8 Å². The van der Waals surface area contributed by atoms with Gasteiger partial charge in [-0.1, -0.05) is 18.2 Å². The fraction of sp³-hybridized carbons (Fsp3) is 0.333. The monoisotopic (exact) mass is 347 g/mol. The van der Waals surface area contributed by atoms with Crippen molar-refractivity contribution in [3.8, 4) is 5.75 Å². The van der Waals surface area contributed by atoms with Crippen molar-refractivity contribution < 1.29 is 19.1 Å². The zero-order valence-electron chi connectivity index (χ0n) is 13.8. The molecular formula is C18H21NO4S. The zero-order chi connectivity index (χ0) is 17.4. The van der Waals surface area contributed by atoms with Crippen molar-refractivity contribution in [2.45, 2.75) is 20.3 Å². The lowest BCUT2D eigenvalue weighted by atomic mass is 10.1. The fourth-order valence-electron chi connectivity index (χ4n) is 2.04. The maximum absolute atomic E-state index is 11.7. The SMILES string of the molecule is Cc1cccc(OCC(=O)OCC(=O)NCCc2cccs2)c1C. The van der Waals surface area contributed by atoms with E-state index in [1.807, 2.05) is 43.5 Å². The molecule has 0 aliphatic heterocycles. The van der Waals surface area contributed by atoms with E-state index in [2.05, 4.69) is 5.32 Å². The summed E-state index contributed by atoms with van der Waals surface area (Å²) in [6.07, 6.45) is 0.771. The van der Waals surface area contributed by atoms with Gasteiger partial charge in [0, 0.05) is 11.4 Å². The van der Waals surface area contributed by atoms with Gasteiger partial charge in [0.1, 0.15) is 5.75 Å². The minimum absolute atomic E-state index is 0.216. The minimum Gasteiger partial charge on any atom is -0.482 e. The maximum Gasteiger partial charge on any atom is 0.344 e. The van der Waals surface area contributed by atoms with Gasteiger partial charge >= 0.3 is 5.97 Å². The van der Waals surface area contributed by atoms with Crippen LogP contribution in [0.5, 0.6) is 5.75 Å². The molecule has 0 saturated heterocycles. The molecular weight excluding hydrogens is 326 g/mol. The molecule has 1 aromatic carbocycles. The number of ether oxygens (including phenoxy) is 2. The van der Waals surface area contributed by atoms with Crippen molar-refractivity contribution >= 4 is 23.2 Å². The molecule has 0 bridgehead atoms. The highest BCUT2D eigenvalue weighted by Gasteiger charge is 2.09. The molecule has 0 aliphatic rings. The van der Waals surface area contributed by atoms with Gasteiger partial charge in [0.2, 0.25) is 0 Å². The highest BCUT2D eigenvalue weighted by Crippen LogP contribution is 2.20. The van der Waals surface area contributed by atoms with E-state index in [0.717, 1.165) is 17.5 Å². The fourth-order valence-corrected chi connectivity index (χ4v) is 2.74. The molecule has 0 fully saturated rings. The summed E-state index contributed by atoms with van der Waals surface area (Å²) >= 11 is 1.65. The Balaban J connectivity index is 1.63. The second-order valence-corrected chi connectivity index (χ2v) is 6.36. The summed E-state index contributed by atoms with van der Waals surface area (Å²) in [5.74, 6) is -0.233. The first kappa shape index (κ1) is 18.0. The first-order valence-corrected chi connectivity index (χ1v) is 8.58. The lowest BCUT2D eigenvalue weighted by Crippen LogP contribution is -2.31. The molecule has 0 saturated carbocycles. The Morgan fingerprint density at radius 3 is 2.71 bits per heavy atom. The third-order valence-corrected chi connectivity index (χ3v) is 4.47. The molecule has 1 N–H and O–H groups in total. The molecule has 1 heterocycles. The van der Waals surface area contributed by atoms with E-state index in [9.17, 15) is 9.59 Å². The third-order valence-electron chi connectivity index (χ3n) is 3.54. The van der Waals surface area contributed by atoms with Gasteiger partial charge in [-0.2, -0.15) is 0 Å².